The Morgan fingerprint density at radius 3 is 2.74 bits per heavy atom. The fourth-order valence-corrected chi connectivity index (χ4v) is 3.78. The van der Waals surface area contributed by atoms with Crippen LogP contribution in [0.3, 0.4) is 0 Å². The summed E-state index contributed by atoms with van der Waals surface area (Å²) >= 11 is 0. The zero-order valence-electron chi connectivity index (χ0n) is 13.1. The molecule has 2 saturated heterocycles. The summed E-state index contributed by atoms with van der Waals surface area (Å²) in [6.45, 7) is 2.64. The first-order valence-electron chi connectivity index (χ1n) is 8.00. The monoisotopic (exact) mass is 312 g/mol. The summed E-state index contributed by atoms with van der Waals surface area (Å²) in [5.41, 5.74) is 0.882. The molecule has 0 radical (unpaired) electrons. The van der Waals surface area contributed by atoms with E-state index in [1.807, 2.05) is 35.2 Å². The predicted molar refractivity (Wildman–Crippen MR) is 86.8 cm³/mol. The van der Waals surface area contributed by atoms with Gasteiger partial charge in [0, 0.05) is 25.2 Å². The average Bonchev–Trinajstić information content (AvgIpc) is 3.24. The van der Waals surface area contributed by atoms with Gasteiger partial charge in [0.05, 0.1) is 5.69 Å². The molecule has 1 aromatic carbocycles. The fourth-order valence-electron chi connectivity index (χ4n) is 3.78. The van der Waals surface area contributed by atoms with Gasteiger partial charge in [-0.3, -0.25) is 14.7 Å². The second kappa shape index (κ2) is 5.38. The van der Waals surface area contributed by atoms with Crippen LogP contribution in [0.4, 0.5) is 0 Å². The zero-order chi connectivity index (χ0) is 16.0. The van der Waals surface area contributed by atoms with Gasteiger partial charge in [-0.05, 0) is 38.1 Å². The molecule has 2 fully saturated rings. The Morgan fingerprint density at radius 2 is 2.00 bits per heavy atom. The van der Waals surface area contributed by atoms with Gasteiger partial charge in [0.15, 0.2) is 0 Å². The molecule has 4 rings (SSSR count). The van der Waals surface area contributed by atoms with E-state index in [0.717, 1.165) is 31.7 Å². The van der Waals surface area contributed by atoms with Gasteiger partial charge < -0.3 is 9.80 Å². The second-order valence-electron chi connectivity index (χ2n) is 6.49. The van der Waals surface area contributed by atoms with Crippen molar-refractivity contribution in [2.24, 2.45) is 5.92 Å². The minimum atomic E-state index is -0.212. The van der Waals surface area contributed by atoms with Crippen molar-refractivity contribution in [3.63, 3.8) is 0 Å². The van der Waals surface area contributed by atoms with Gasteiger partial charge in [0.1, 0.15) is 5.69 Å². The van der Waals surface area contributed by atoms with Gasteiger partial charge in [-0.1, -0.05) is 18.2 Å². The number of hydrogen-bond acceptors (Lipinski definition) is 3. The third-order valence-electron chi connectivity index (χ3n) is 5.08. The number of nitrogens with zero attached hydrogens (tertiary/aromatic N) is 3. The Labute approximate surface area is 134 Å². The Kier molecular flexibility index (Phi) is 3.34. The molecule has 0 spiro atoms. The summed E-state index contributed by atoms with van der Waals surface area (Å²) < 4.78 is 1.41. The number of benzene rings is 1. The van der Waals surface area contributed by atoms with Crippen LogP contribution in [-0.2, 0) is 0 Å². The highest BCUT2D eigenvalue weighted by Gasteiger charge is 2.41. The maximum absolute atomic E-state index is 12.7. The number of hydrogen-bond donors (Lipinski definition) is 1. The number of likely N-dealkylation sites (N-methyl/N-ethyl adjacent to an activating group) is 1. The number of aromatic amines is 1. The second-order valence-corrected chi connectivity index (χ2v) is 6.49. The molecule has 6 nitrogen and oxygen atoms in total. The lowest BCUT2D eigenvalue weighted by Gasteiger charge is -2.20. The number of fused-ring (bicyclic) bond motifs is 1. The van der Waals surface area contributed by atoms with Crippen LogP contribution in [0.1, 0.15) is 16.9 Å². The molecule has 3 heterocycles. The van der Waals surface area contributed by atoms with E-state index in [-0.39, 0.29) is 11.5 Å². The summed E-state index contributed by atoms with van der Waals surface area (Å²) in [5.74, 6) is 0.478. The summed E-state index contributed by atoms with van der Waals surface area (Å²) in [4.78, 5) is 29.1. The topological polar surface area (TPSA) is 61.3 Å². The minimum Gasteiger partial charge on any atom is -0.335 e. The summed E-state index contributed by atoms with van der Waals surface area (Å²) in [7, 11) is 2.12. The lowest BCUT2D eigenvalue weighted by atomic mass is 10.1. The van der Waals surface area contributed by atoms with Gasteiger partial charge in [-0.25, -0.2) is 4.68 Å². The first kappa shape index (κ1) is 14.3. The van der Waals surface area contributed by atoms with E-state index in [1.54, 1.807) is 0 Å². The predicted octanol–water partition coefficient (Wildman–Crippen LogP) is 0.942. The minimum absolute atomic E-state index is 0.0837. The lowest BCUT2D eigenvalue weighted by Crippen LogP contribution is -2.35. The van der Waals surface area contributed by atoms with Crippen molar-refractivity contribution < 1.29 is 4.79 Å². The molecule has 23 heavy (non-hydrogen) atoms. The van der Waals surface area contributed by atoms with Crippen LogP contribution in [0.2, 0.25) is 0 Å². The van der Waals surface area contributed by atoms with E-state index in [1.165, 1.54) is 10.7 Å². The molecule has 0 bridgehead atoms. The van der Waals surface area contributed by atoms with Crippen molar-refractivity contribution in [3.05, 3.63) is 52.4 Å². The first-order valence-corrected chi connectivity index (χ1v) is 8.00. The number of H-pyrrole nitrogens is 1. The third-order valence-corrected chi connectivity index (χ3v) is 5.08. The van der Waals surface area contributed by atoms with Crippen molar-refractivity contribution in [1.82, 2.24) is 19.6 Å². The Bertz CT molecular complexity index is 779. The number of carbonyl (C=O) groups excluding carboxylic acids is 1. The van der Waals surface area contributed by atoms with E-state index in [2.05, 4.69) is 17.0 Å². The average molecular weight is 312 g/mol. The number of para-hydroxylation sites is 1. The molecule has 120 valence electrons. The molecule has 6 heteroatoms. The summed E-state index contributed by atoms with van der Waals surface area (Å²) in [6.07, 6.45) is 1.15. The van der Waals surface area contributed by atoms with Crippen LogP contribution in [0.25, 0.3) is 5.69 Å². The maximum Gasteiger partial charge on any atom is 0.272 e. The molecule has 1 aromatic heterocycles. The van der Waals surface area contributed by atoms with E-state index in [9.17, 15) is 9.59 Å². The van der Waals surface area contributed by atoms with Crippen molar-refractivity contribution in [2.45, 2.75) is 12.5 Å². The fraction of sp³-hybridized carbons (Fsp3) is 0.412. The first-order chi connectivity index (χ1) is 11.1. The van der Waals surface area contributed by atoms with Crippen molar-refractivity contribution >= 4 is 5.91 Å². The van der Waals surface area contributed by atoms with E-state index in [4.69, 9.17) is 0 Å². The Balaban J connectivity index is 1.57. The molecule has 0 saturated carbocycles. The zero-order valence-corrected chi connectivity index (χ0v) is 13.1. The number of rotatable bonds is 2. The van der Waals surface area contributed by atoms with Crippen LogP contribution in [0, 0.1) is 5.92 Å². The highest BCUT2D eigenvalue weighted by Crippen LogP contribution is 2.30. The largest absolute Gasteiger partial charge is 0.335 e. The Hall–Kier alpha value is -2.34. The van der Waals surface area contributed by atoms with Crippen LogP contribution in [-0.4, -0.2) is 58.2 Å². The molecule has 2 aliphatic heterocycles. The summed E-state index contributed by atoms with van der Waals surface area (Å²) in [6, 6.07) is 11.1. The van der Waals surface area contributed by atoms with Gasteiger partial charge in [0.25, 0.3) is 11.5 Å². The molecule has 0 unspecified atom stereocenters. The van der Waals surface area contributed by atoms with E-state index in [0.29, 0.717) is 17.7 Å². The maximum atomic E-state index is 12.7. The Morgan fingerprint density at radius 1 is 1.22 bits per heavy atom. The molecular weight excluding hydrogens is 292 g/mol. The molecule has 2 aliphatic rings. The molecule has 1 amide bonds. The SMILES string of the molecule is CN1CC[C@H]2CN(C(=O)c3cc(=O)n(-c4ccccc4)[nH]3)C[C@H]21. The number of carbonyl (C=O) groups is 1. The quantitative estimate of drug-likeness (QED) is 0.898. The van der Waals surface area contributed by atoms with Gasteiger partial charge in [0.2, 0.25) is 0 Å². The number of nitrogens with one attached hydrogen (secondary N) is 1. The van der Waals surface area contributed by atoms with Crippen LogP contribution in [0.5, 0.6) is 0 Å². The van der Waals surface area contributed by atoms with Gasteiger partial charge in [-0.15, -0.1) is 0 Å². The molecule has 2 atom stereocenters. The smallest absolute Gasteiger partial charge is 0.272 e. The molecule has 2 aromatic rings. The van der Waals surface area contributed by atoms with Crippen molar-refractivity contribution in [3.8, 4) is 5.69 Å². The van der Waals surface area contributed by atoms with E-state index >= 15 is 0 Å². The molecule has 1 N–H and O–H groups in total. The normalized spacial score (nSPS) is 24.1. The summed E-state index contributed by atoms with van der Waals surface area (Å²) in [5, 5.41) is 2.95. The molecular formula is C17H20N4O2. The number of aromatic nitrogens is 2. The third kappa shape index (κ3) is 2.39. The van der Waals surface area contributed by atoms with Crippen LogP contribution < -0.4 is 5.56 Å². The van der Waals surface area contributed by atoms with Crippen molar-refractivity contribution in [1.29, 1.82) is 0 Å². The van der Waals surface area contributed by atoms with Crippen molar-refractivity contribution in [2.75, 3.05) is 26.7 Å². The highest BCUT2D eigenvalue weighted by atomic mass is 16.2. The van der Waals surface area contributed by atoms with Crippen LogP contribution >= 0.6 is 0 Å². The standard InChI is InChI=1S/C17H20N4O2/c1-19-8-7-12-10-20(11-15(12)19)17(23)14-9-16(22)21(18-14)13-5-3-2-4-6-13/h2-6,9,12,15,18H,7-8,10-11H2,1H3/t12-,15+/m0/s1. The van der Waals surface area contributed by atoms with E-state index < -0.39 is 0 Å². The highest BCUT2D eigenvalue weighted by molar-refractivity contribution is 5.92. The number of likely N-dealkylation sites (tertiary alicyclic amines) is 2. The number of amides is 1. The van der Waals surface area contributed by atoms with Gasteiger partial charge >= 0.3 is 0 Å². The lowest BCUT2D eigenvalue weighted by molar-refractivity contribution is 0.0768. The van der Waals surface area contributed by atoms with Crippen LogP contribution in [0.15, 0.2) is 41.2 Å². The van der Waals surface area contributed by atoms with Gasteiger partial charge in [-0.2, -0.15) is 0 Å². The molecule has 0 aliphatic carbocycles.